The van der Waals surface area contributed by atoms with Crippen molar-refractivity contribution in [2.75, 3.05) is 25.1 Å². The molecule has 2 aromatic rings. The van der Waals surface area contributed by atoms with Crippen molar-refractivity contribution in [1.29, 1.82) is 0 Å². The summed E-state index contributed by atoms with van der Waals surface area (Å²) < 4.78 is 29.2. The van der Waals surface area contributed by atoms with Crippen LogP contribution in [-0.2, 0) is 16.4 Å². The van der Waals surface area contributed by atoms with Gasteiger partial charge in [-0.2, -0.15) is 0 Å². The second-order valence-corrected chi connectivity index (χ2v) is 9.69. The second-order valence-electron chi connectivity index (χ2n) is 7.46. The van der Waals surface area contributed by atoms with Gasteiger partial charge in [-0.05, 0) is 37.3 Å². The number of hydrogen-bond acceptors (Lipinski definition) is 4. The lowest BCUT2D eigenvalue weighted by Gasteiger charge is -2.22. The van der Waals surface area contributed by atoms with E-state index in [1.807, 2.05) is 31.3 Å². The van der Waals surface area contributed by atoms with E-state index in [1.165, 1.54) is 0 Å². The van der Waals surface area contributed by atoms with Crippen LogP contribution in [0, 0.1) is 5.92 Å². The van der Waals surface area contributed by atoms with Gasteiger partial charge in [-0.25, -0.2) is 8.42 Å². The third-order valence-electron chi connectivity index (χ3n) is 4.97. The number of aliphatic imine (C=N–C) groups is 1. The van der Waals surface area contributed by atoms with E-state index in [2.05, 4.69) is 16.3 Å². The van der Waals surface area contributed by atoms with Gasteiger partial charge in [-0.15, -0.1) is 0 Å². The van der Waals surface area contributed by atoms with Gasteiger partial charge in [0.2, 0.25) is 0 Å². The molecular weight excluding hydrogens is 350 g/mol. The Labute approximate surface area is 154 Å². The van der Waals surface area contributed by atoms with E-state index in [0.717, 1.165) is 42.0 Å². The van der Waals surface area contributed by atoms with Crippen LogP contribution in [0.3, 0.4) is 0 Å². The molecule has 6 nitrogen and oxygen atoms in total. The van der Waals surface area contributed by atoms with Crippen molar-refractivity contribution in [3.05, 3.63) is 36.1 Å². The molecule has 26 heavy (non-hydrogen) atoms. The summed E-state index contributed by atoms with van der Waals surface area (Å²) in [5, 5.41) is 4.57. The summed E-state index contributed by atoms with van der Waals surface area (Å²) in [4.78, 5) is 6.78. The molecule has 1 aromatic heterocycles. The first kappa shape index (κ1) is 17.4. The van der Waals surface area contributed by atoms with E-state index >= 15 is 0 Å². The lowest BCUT2D eigenvalue weighted by atomic mass is 10.1. The lowest BCUT2D eigenvalue weighted by Crippen LogP contribution is -2.40. The van der Waals surface area contributed by atoms with Crippen molar-refractivity contribution in [2.45, 2.75) is 31.8 Å². The third kappa shape index (κ3) is 4.20. The number of rotatable bonds is 5. The number of hydrogen-bond donors (Lipinski definition) is 1. The van der Waals surface area contributed by atoms with Gasteiger partial charge in [0, 0.05) is 25.0 Å². The standard InChI is InChI=1S/C19H25N3O3S/c1-22(12-17-10-15-4-2-3-5-18(15)25-17)19(21-16-6-7-16)20-11-14-8-9-26(23,24)13-14/h2-5,10,14,16H,6-9,11-13H2,1H3,(H,20,21). The summed E-state index contributed by atoms with van der Waals surface area (Å²) in [6.07, 6.45) is 3.04. The van der Waals surface area contributed by atoms with Crippen LogP contribution < -0.4 is 5.32 Å². The van der Waals surface area contributed by atoms with Gasteiger partial charge in [0.05, 0.1) is 18.1 Å². The number of sulfone groups is 1. The molecule has 2 aliphatic rings. The summed E-state index contributed by atoms with van der Waals surface area (Å²) in [7, 11) is -0.863. The molecule has 0 amide bonds. The SMILES string of the molecule is CN(Cc1cc2ccccc2o1)C(=NCC1CCS(=O)(=O)C1)NC1CC1. The Morgan fingerprint density at radius 2 is 2.12 bits per heavy atom. The zero-order chi connectivity index (χ0) is 18.1. The number of benzene rings is 1. The highest BCUT2D eigenvalue weighted by molar-refractivity contribution is 7.91. The van der Waals surface area contributed by atoms with Gasteiger partial charge in [0.1, 0.15) is 11.3 Å². The van der Waals surface area contributed by atoms with Crippen LogP contribution in [0.5, 0.6) is 0 Å². The maximum atomic E-state index is 11.6. The number of nitrogens with one attached hydrogen (secondary N) is 1. The molecule has 1 atom stereocenters. The summed E-state index contributed by atoms with van der Waals surface area (Å²) in [6, 6.07) is 10.5. The van der Waals surface area contributed by atoms with Crippen LogP contribution in [0.1, 0.15) is 25.0 Å². The average Bonchev–Trinajstić information content (AvgIpc) is 3.22. The molecule has 1 unspecified atom stereocenters. The molecule has 1 saturated carbocycles. The van der Waals surface area contributed by atoms with E-state index in [0.29, 0.717) is 24.9 Å². The minimum Gasteiger partial charge on any atom is -0.459 e. The molecule has 1 aliphatic heterocycles. The molecule has 7 heteroatoms. The number of furan rings is 1. The first-order valence-electron chi connectivity index (χ1n) is 9.18. The fraction of sp³-hybridized carbons (Fsp3) is 0.526. The lowest BCUT2D eigenvalue weighted by molar-refractivity contribution is 0.410. The molecule has 2 heterocycles. The summed E-state index contributed by atoms with van der Waals surface area (Å²) >= 11 is 0. The molecule has 1 aliphatic carbocycles. The molecule has 0 radical (unpaired) electrons. The Balaban J connectivity index is 1.45. The Hall–Kier alpha value is -2.02. The highest BCUT2D eigenvalue weighted by Crippen LogP contribution is 2.22. The smallest absolute Gasteiger partial charge is 0.194 e. The monoisotopic (exact) mass is 375 g/mol. The third-order valence-corrected chi connectivity index (χ3v) is 6.80. The van der Waals surface area contributed by atoms with Crippen molar-refractivity contribution >= 4 is 26.8 Å². The van der Waals surface area contributed by atoms with E-state index < -0.39 is 9.84 Å². The van der Waals surface area contributed by atoms with Crippen molar-refractivity contribution < 1.29 is 12.8 Å². The van der Waals surface area contributed by atoms with Crippen LogP contribution in [0.25, 0.3) is 11.0 Å². The topological polar surface area (TPSA) is 74.9 Å². The molecule has 2 fully saturated rings. The van der Waals surface area contributed by atoms with E-state index in [1.54, 1.807) is 0 Å². The zero-order valence-electron chi connectivity index (χ0n) is 15.0. The van der Waals surface area contributed by atoms with Crippen LogP contribution in [0.15, 0.2) is 39.7 Å². The van der Waals surface area contributed by atoms with Crippen LogP contribution in [-0.4, -0.2) is 50.4 Å². The van der Waals surface area contributed by atoms with Crippen molar-refractivity contribution in [3.63, 3.8) is 0 Å². The van der Waals surface area contributed by atoms with Gasteiger partial charge in [0.15, 0.2) is 15.8 Å². The van der Waals surface area contributed by atoms with Gasteiger partial charge in [-0.1, -0.05) is 18.2 Å². The summed E-state index contributed by atoms with van der Waals surface area (Å²) in [5.74, 6) is 2.42. The molecule has 1 saturated heterocycles. The molecule has 1 aromatic carbocycles. The average molecular weight is 375 g/mol. The highest BCUT2D eigenvalue weighted by Gasteiger charge is 2.28. The summed E-state index contributed by atoms with van der Waals surface area (Å²) in [5.41, 5.74) is 0.890. The molecule has 0 bridgehead atoms. The second kappa shape index (κ2) is 6.95. The van der Waals surface area contributed by atoms with Crippen LogP contribution in [0.4, 0.5) is 0 Å². The predicted octanol–water partition coefficient (Wildman–Crippen LogP) is 2.41. The van der Waals surface area contributed by atoms with Crippen molar-refractivity contribution in [3.8, 4) is 0 Å². The molecule has 1 N–H and O–H groups in total. The van der Waals surface area contributed by atoms with Crippen LogP contribution in [0.2, 0.25) is 0 Å². The number of guanidine groups is 1. The first-order valence-corrected chi connectivity index (χ1v) is 11.0. The van der Waals surface area contributed by atoms with Gasteiger partial charge >= 0.3 is 0 Å². The number of para-hydroxylation sites is 1. The maximum Gasteiger partial charge on any atom is 0.194 e. The Morgan fingerprint density at radius 1 is 1.31 bits per heavy atom. The van der Waals surface area contributed by atoms with Gasteiger partial charge in [0.25, 0.3) is 0 Å². The zero-order valence-corrected chi connectivity index (χ0v) is 15.8. The number of fused-ring (bicyclic) bond motifs is 1. The normalized spacial score (nSPS) is 22.7. The van der Waals surface area contributed by atoms with Gasteiger partial charge < -0.3 is 14.6 Å². The molecule has 0 spiro atoms. The van der Waals surface area contributed by atoms with E-state index in [4.69, 9.17) is 9.41 Å². The van der Waals surface area contributed by atoms with E-state index in [-0.39, 0.29) is 11.7 Å². The summed E-state index contributed by atoms with van der Waals surface area (Å²) in [6.45, 7) is 1.18. The largest absolute Gasteiger partial charge is 0.459 e. The maximum absolute atomic E-state index is 11.6. The Kier molecular flexibility index (Phi) is 4.65. The van der Waals surface area contributed by atoms with Gasteiger partial charge in [-0.3, -0.25) is 4.99 Å². The van der Waals surface area contributed by atoms with Crippen molar-refractivity contribution in [1.82, 2.24) is 10.2 Å². The minimum absolute atomic E-state index is 0.135. The minimum atomic E-state index is -2.86. The fourth-order valence-electron chi connectivity index (χ4n) is 3.34. The van der Waals surface area contributed by atoms with Crippen LogP contribution >= 0.6 is 0 Å². The Bertz CT molecular complexity index is 882. The number of nitrogens with zero attached hydrogens (tertiary/aromatic N) is 2. The molecular formula is C19H25N3O3S. The molecule has 4 rings (SSSR count). The fourth-order valence-corrected chi connectivity index (χ4v) is 5.19. The Morgan fingerprint density at radius 3 is 2.81 bits per heavy atom. The molecule has 140 valence electrons. The van der Waals surface area contributed by atoms with Crippen molar-refractivity contribution in [2.24, 2.45) is 10.9 Å². The van der Waals surface area contributed by atoms with E-state index in [9.17, 15) is 8.42 Å². The first-order chi connectivity index (χ1) is 12.5. The predicted molar refractivity (Wildman–Crippen MR) is 103 cm³/mol. The quantitative estimate of drug-likeness (QED) is 0.642. The highest BCUT2D eigenvalue weighted by atomic mass is 32.2.